The lowest BCUT2D eigenvalue weighted by molar-refractivity contribution is -0.617. The van der Waals surface area contributed by atoms with E-state index >= 15 is 0 Å². The summed E-state index contributed by atoms with van der Waals surface area (Å²) in [7, 11) is 4.41. The van der Waals surface area contributed by atoms with Crippen molar-refractivity contribution in [1.29, 1.82) is 0 Å². The maximum Gasteiger partial charge on any atom is 0.238 e. The number of hydrogen-bond donors (Lipinski definition) is 0. The molecule has 0 bridgehead atoms. The quantitative estimate of drug-likeness (QED) is 0.153. The monoisotopic (exact) mass is 534 g/mol. The van der Waals surface area contributed by atoms with Crippen molar-refractivity contribution in [1.82, 2.24) is 9.13 Å². The first-order valence-corrected chi connectivity index (χ1v) is 14.8. The third kappa shape index (κ3) is 3.67. The summed E-state index contributed by atoms with van der Waals surface area (Å²) >= 11 is 0. The first kappa shape index (κ1) is 24.1. The van der Waals surface area contributed by atoms with Crippen molar-refractivity contribution < 1.29 is 9.13 Å². The van der Waals surface area contributed by atoms with E-state index in [9.17, 15) is 0 Å². The molecule has 0 unspecified atom stereocenters. The Kier molecular flexibility index (Phi) is 5.56. The van der Waals surface area contributed by atoms with E-state index in [0.717, 1.165) is 25.9 Å². The molecule has 4 heteroatoms. The number of rotatable bonds is 6. The maximum absolute atomic E-state index is 2.55. The summed E-state index contributed by atoms with van der Waals surface area (Å²) in [6, 6.07) is 40.0. The minimum atomic E-state index is 1.02. The van der Waals surface area contributed by atoms with Crippen LogP contribution in [0.4, 0.5) is 0 Å². The molecule has 4 nitrogen and oxygen atoms in total. The molecule has 0 saturated carbocycles. The highest BCUT2D eigenvalue weighted by atomic mass is 15.0. The van der Waals surface area contributed by atoms with Crippen molar-refractivity contribution in [3.63, 3.8) is 0 Å². The number of unbranched alkanes of at least 4 members (excludes halogenated alkanes) is 2. The van der Waals surface area contributed by atoms with Crippen molar-refractivity contribution in [3.8, 4) is 0 Å². The van der Waals surface area contributed by atoms with Gasteiger partial charge < -0.3 is 9.13 Å². The van der Waals surface area contributed by atoms with Crippen LogP contribution in [0.25, 0.3) is 65.7 Å². The second-order valence-corrected chi connectivity index (χ2v) is 11.4. The first-order valence-electron chi connectivity index (χ1n) is 14.8. The van der Waals surface area contributed by atoms with Crippen LogP contribution < -0.4 is 9.13 Å². The summed E-state index contributed by atoms with van der Waals surface area (Å²) in [4.78, 5) is 0. The van der Waals surface area contributed by atoms with Crippen molar-refractivity contribution in [2.24, 2.45) is 14.1 Å². The van der Waals surface area contributed by atoms with Gasteiger partial charge in [-0.05, 0) is 67.8 Å². The number of benzene rings is 4. The predicted octanol–water partition coefficient (Wildman–Crippen LogP) is 7.73. The van der Waals surface area contributed by atoms with Gasteiger partial charge in [-0.3, -0.25) is 0 Å². The highest BCUT2D eigenvalue weighted by Gasteiger charge is 2.22. The Hall–Kier alpha value is -4.70. The molecule has 0 radical (unpaired) electrons. The zero-order valence-electron chi connectivity index (χ0n) is 23.7. The molecule has 4 aromatic heterocycles. The zero-order chi connectivity index (χ0) is 27.5. The molecule has 8 rings (SSSR count). The third-order valence-electron chi connectivity index (χ3n) is 9.08. The zero-order valence-corrected chi connectivity index (χ0v) is 23.7. The van der Waals surface area contributed by atoms with Gasteiger partial charge in [-0.1, -0.05) is 48.5 Å². The largest absolute Gasteiger partial charge is 0.335 e. The fourth-order valence-corrected chi connectivity index (χ4v) is 7.17. The van der Waals surface area contributed by atoms with E-state index < -0.39 is 0 Å². The fraction of sp³-hybridized carbons (Fsp3) is 0.189. The Bertz CT molecular complexity index is 2110. The molecule has 0 N–H and O–H groups in total. The van der Waals surface area contributed by atoms with E-state index in [2.05, 4.69) is 142 Å². The highest BCUT2D eigenvalue weighted by Crippen LogP contribution is 2.31. The fourth-order valence-electron chi connectivity index (χ4n) is 7.17. The average molecular weight is 535 g/mol. The lowest BCUT2D eigenvalue weighted by Gasteiger charge is -2.09. The Morgan fingerprint density at radius 1 is 0.463 bits per heavy atom. The van der Waals surface area contributed by atoms with Crippen LogP contribution in [0, 0.1) is 0 Å². The van der Waals surface area contributed by atoms with Crippen LogP contribution >= 0.6 is 0 Å². The van der Waals surface area contributed by atoms with E-state index in [0.29, 0.717) is 0 Å². The molecule has 4 heterocycles. The predicted molar refractivity (Wildman–Crippen MR) is 170 cm³/mol. The van der Waals surface area contributed by atoms with Crippen molar-refractivity contribution in [2.45, 2.75) is 32.4 Å². The first-order chi connectivity index (χ1) is 20.2. The standard InChI is InChI=1S/C37H34N4/c1-38-30-18-8-4-14-26(30)24-34-36(38)28-16-6-10-20-32(28)40(34)22-12-3-13-23-41-33-21-11-7-17-29(33)37-35(41)25-27-15-5-9-19-31(27)39(37)2/h4-11,14-21,24-25H,3,12-13,22-23H2,1-2H3/q+2. The summed E-state index contributed by atoms with van der Waals surface area (Å²) in [5.41, 5.74) is 10.5. The Labute approximate surface area is 239 Å². The molecule has 0 aliphatic carbocycles. The van der Waals surface area contributed by atoms with Crippen molar-refractivity contribution >= 4 is 65.7 Å². The van der Waals surface area contributed by atoms with Gasteiger partial charge in [0.2, 0.25) is 22.1 Å². The van der Waals surface area contributed by atoms with Gasteiger partial charge >= 0.3 is 0 Å². The molecule has 0 aliphatic rings. The van der Waals surface area contributed by atoms with E-state index in [4.69, 9.17) is 0 Å². The molecule has 0 atom stereocenters. The van der Waals surface area contributed by atoms with Crippen LogP contribution in [-0.2, 0) is 27.2 Å². The minimum absolute atomic E-state index is 1.02. The van der Waals surface area contributed by atoms with Crippen LogP contribution in [0.3, 0.4) is 0 Å². The third-order valence-corrected chi connectivity index (χ3v) is 9.08. The highest BCUT2D eigenvalue weighted by molar-refractivity contribution is 6.07. The Balaban J connectivity index is 1.11. The van der Waals surface area contributed by atoms with Crippen LogP contribution in [0.15, 0.2) is 109 Å². The molecule has 0 saturated heterocycles. The van der Waals surface area contributed by atoms with E-state index in [1.165, 1.54) is 72.1 Å². The van der Waals surface area contributed by atoms with Crippen LogP contribution in [0.2, 0.25) is 0 Å². The van der Waals surface area contributed by atoms with Gasteiger partial charge in [0.25, 0.3) is 0 Å². The summed E-state index contributed by atoms with van der Waals surface area (Å²) in [5.74, 6) is 0. The van der Waals surface area contributed by atoms with E-state index in [1.807, 2.05) is 0 Å². The average Bonchev–Trinajstić information content (AvgIpc) is 3.50. The van der Waals surface area contributed by atoms with Crippen LogP contribution in [-0.4, -0.2) is 9.13 Å². The summed E-state index contributed by atoms with van der Waals surface area (Å²) in [6.45, 7) is 2.05. The summed E-state index contributed by atoms with van der Waals surface area (Å²) in [5, 5.41) is 5.25. The minimum Gasteiger partial charge on any atom is -0.335 e. The topological polar surface area (TPSA) is 17.6 Å². The number of hydrogen-bond acceptors (Lipinski definition) is 0. The lowest BCUT2D eigenvalue weighted by Crippen LogP contribution is -2.29. The van der Waals surface area contributed by atoms with Gasteiger partial charge in [-0.25, -0.2) is 0 Å². The van der Waals surface area contributed by atoms with Crippen LogP contribution in [0.1, 0.15) is 19.3 Å². The van der Waals surface area contributed by atoms with Gasteiger partial charge in [0.05, 0.1) is 21.8 Å². The van der Waals surface area contributed by atoms with Crippen molar-refractivity contribution in [3.05, 3.63) is 109 Å². The van der Waals surface area contributed by atoms with Crippen molar-refractivity contribution in [2.75, 3.05) is 0 Å². The van der Waals surface area contributed by atoms with Crippen LogP contribution in [0.5, 0.6) is 0 Å². The molecule has 8 aromatic rings. The lowest BCUT2D eigenvalue weighted by atomic mass is 10.1. The molecule has 0 aliphatic heterocycles. The summed E-state index contributed by atoms with van der Waals surface area (Å²) < 4.78 is 9.83. The normalized spacial score (nSPS) is 12.1. The molecule has 0 fully saturated rings. The Morgan fingerprint density at radius 3 is 1.37 bits per heavy atom. The smallest absolute Gasteiger partial charge is 0.238 e. The number of para-hydroxylation sites is 4. The van der Waals surface area contributed by atoms with Gasteiger partial charge in [0.15, 0.2) is 0 Å². The van der Waals surface area contributed by atoms with Gasteiger partial charge in [-0.15, -0.1) is 0 Å². The summed E-state index contributed by atoms with van der Waals surface area (Å²) in [6.07, 6.45) is 3.48. The van der Waals surface area contributed by atoms with E-state index in [-0.39, 0.29) is 0 Å². The molecule has 200 valence electrons. The second kappa shape index (κ2) is 9.45. The molecular formula is C37H34N4+2. The molecule has 0 spiro atoms. The molecule has 0 amide bonds. The number of nitrogens with zero attached hydrogens (tertiary/aromatic N) is 4. The van der Waals surface area contributed by atoms with Gasteiger partial charge in [-0.2, -0.15) is 9.13 Å². The number of aryl methyl sites for hydroxylation is 4. The number of aromatic nitrogens is 4. The number of pyridine rings is 2. The van der Waals surface area contributed by atoms with E-state index in [1.54, 1.807) is 0 Å². The van der Waals surface area contributed by atoms with Gasteiger partial charge in [0.1, 0.15) is 25.1 Å². The SMILES string of the molecule is C[n+]1c2ccccc2cc2c1c1ccccc1n2CCCCCn1c2ccccc2c2c1cc1ccccc1[n+]2C. The maximum atomic E-state index is 2.55. The molecule has 41 heavy (non-hydrogen) atoms. The second-order valence-electron chi connectivity index (χ2n) is 11.4. The Morgan fingerprint density at radius 2 is 0.878 bits per heavy atom. The van der Waals surface area contributed by atoms with Gasteiger partial charge in [0, 0.05) is 36.0 Å². The molecule has 4 aromatic carbocycles. The molecular weight excluding hydrogens is 500 g/mol. The number of fused-ring (bicyclic) bond motifs is 8.